The number of esters is 1. The Morgan fingerprint density at radius 1 is 1.19 bits per heavy atom. The molecule has 2 atom stereocenters. The fourth-order valence-corrected chi connectivity index (χ4v) is 3.23. The fourth-order valence-electron chi connectivity index (χ4n) is 2.96. The first kappa shape index (κ1) is 18.1. The summed E-state index contributed by atoms with van der Waals surface area (Å²) in [6.07, 6.45) is 0. The molecular formula is C20H20N2O3S. The maximum absolute atomic E-state index is 12.8. The number of ether oxygens (including phenoxy) is 2. The van der Waals surface area contributed by atoms with Crippen LogP contribution in [0.15, 0.2) is 59.6 Å². The highest BCUT2D eigenvalue weighted by atomic mass is 32.1. The molecule has 0 amide bonds. The van der Waals surface area contributed by atoms with Crippen LogP contribution in [0.2, 0.25) is 0 Å². The molecule has 0 radical (unpaired) electrons. The first-order chi connectivity index (χ1) is 12.6. The molecule has 0 aliphatic carbocycles. The van der Waals surface area contributed by atoms with Crippen molar-refractivity contribution >= 4 is 29.0 Å². The van der Waals surface area contributed by atoms with Crippen molar-refractivity contribution in [1.29, 1.82) is 0 Å². The molecule has 0 spiro atoms. The zero-order valence-corrected chi connectivity index (χ0v) is 15.5. The third-order valence-corrected chi connectivity index (χ3v) is 4.48. The van der Waals surface area contributed by atoms with E-state index in [0.29, 0.717) is 16.6 Å². The molecule has 0 aromatic heterocycles. The largest absolute Gasteiger partial charge is 0.497 e. The molecular weight excluding hydrogens is 348 g/mol. The number of benzene rings is 2. The molecule has 1 heterocycles. The smallest absolute Gasteiger partial charge is 0.317 e. The molecule has 0 bridgehead atoms. The fraction of sp³-hybridized carbons (Fsp3) is 0.250. The van der Waals surface area contributed by atoms with Crippen LogP contribution in [-0.2, 0) is 16.1 Å². The first-order valence-corrected chi connectivity index (χ1v) is 8.69. The van der Waals surface area contributed by atoms with Crippen LogP contribution < -0.4 is 10.1 Å². The maximum atomic E-state index is 12.8. The second-order valence-electron chi connectivity index (χ2n) is 6.03. The van der Waals surface area contributed by atoms with Crippen molar-refractivity contribution in [3.63, 3.8) is 0 Å². The number of hydrogen-bond acceptors (Lipinski definition) is 4. The molecule has 134 valence electrons. The molecule has 2 aromatic rings. The van der Waals surface area contributed by atoms with Gasteiger partial charge in [0.05, 0.1) is 13.2 Å². The Morgan fingerprint density at radius 3 is 2.69 bits per heavy atom. The quantitative estimate of drug-likeness (QED) is 0.647. The topological polar surface area (TPSA) is 59.9 Å². The third kappa shape index (κ3) is 4.08. The molecule has 5 nitrogen and oxygen atoms in total. The van der Waals surface area contributed by atoms with Gasteiger partial charge in [0, 0.05) is 5.71 Å². The minimum absolute atomic E-state index is 0.221. The summed E-state index contributed by atoms with van der Waals surface area (Å²) in [5, 5.41) is 3.49. The lowest BCUT2D eigenvalue weighted by Gasteiger charge is -2.31. The number of thiocarbonyl (C=S) groups is 1. The van der Waals surface area contributed by atoms with Crippen molar-refractivity contribution in [3.05, 3.63) is 65.7 Å². The Balaban J connectivity index is 1.83. The van der Waals surface area contributed by atoms with Crippen LogP contribution in [0.4, 0.5) is 0 Å². The maximum Gasteiger partial charge on any atom is 0.317 e. The van der Waals surface area contributed by atoms with Crippen molar-refractivity contribution < 1.29 is 14.3 Å². The van der Waals surface area contributed by atoms with Crippen LogP contribution in [0.25, 0.3) is 0 Å². The van der Waals surface area contributed by atoms with E-state index in [1.807, 2.05) is 54.6 Å². The molecule has 1 aliphatic rings. The molecule has 2 unspecified atom stereocenters. The molecule has 0 saturated carbocycles. The van der Waals surface area contributed by atoms with Crippen LogP contribution in [0.5, 0.6) is 5.75 Å². The van der Waals surface area contributed by atoms with Crippen molar-refractivity contribution in [3.8, 4) is 5.75 Å². The average Bonchev–Trinajstić information content (AvgIpc) is 2.66. The lowest BCUT2D eigenvalue weighted by molar-refractivity contribution is -0.148. The Hall–Kier alpha value is -2.73. The second kappa shape index (κ2) is 8.10. The van der Waals surface area contributed by atoms with Crippen molar-refractivity contribution in [2.75, 3.05) is 7.11 Å². The van der Waals surface area contributed by atoms with E-state index in [2.05, 4.69) is 10.3 Å². The number of aliphatic imine (C=N–C) groups is 1. The molecule has 26 heavy (non-hydrogen) atoms. The molecule has 0 fully saturated rings. The predicted molar refractivity (Wildman–Crippen MR) is 104 cm³/mol. The standard InChI is InChI=1S/C20H20N2O3S/c1-13-17(19(23)25-12-14-7-4-3-5-8-14)18(22-20(26)21-13)15-9-6-10-16(11-15)24-2/h3-11,17-18H,12H2,1-2H3,(H,22,26). The van der Waals surface area contributed by atoms with Gasteiger partial charge in [-0.1, -0.05) is 42.5 Å². The van der Waals surface area contributed by atoms with Crippen LogP contribution in [0.3, 0.4) is 0 Å². The van der Waals surface area contributed by atoms with Crippen molar-refractivity contribution in [2.24, 2.45) is 10.9 Å². The summed E-state index contributed by atoms with van der Waals surface area (Å²) in [5.74, 6) is -0.178. The van der Waals surface area contributed by atoms with E-state index in [1.165, 1.54) is 0 Å². The lowest BCUT2D eigenvalue weighted by Crippen LogP contribution is -2.44. The molecule has 0 saturated heterocycles. The third-order valence-electron chi connectivity index (χ3n) is 4.27. The summed E-state index contributed by atoms with van der Waals surface area (Å²) in [6, 6.07) is 16.8. The lowest BCUT2D eigenvalue weighted by atomic mass is 9.88. The van der Waals surface area contributed by atoms with Gasteiger partial charge in [-0.05, 0) is 42.4 Å². The predicted octanol–water partition coefficient (Wildman–Crippen LogP) is 3.44. The van der Waals surface area contributed by atoms with Gasteiger partial charge in [-0.15, -0.1) is 0 Å². The monoisotopic (exact) mass is 368 g/mol. The zero-order chi connectivity index (χ0) is 18.5. The second-order valence-corrected chi connectivity index (χ2v) is 6.41. The van der Waals surface area contributed by atoms with Gasteiger partial charge in [0.25, 0.3) is 0 Å². The average molecular weight is 368 g/mol. The van der Waals surface area contributed by atoms with E-state index in [4.69, 9.17) is 21.7 Å². The van der Waals surface area contributed by atoms with Gasteiger partial charge in [0.2, 0.25) is 0 Å². The Labute approximate surface area is 158 Å². The molecule has 1 aliphatic heterocycles. The minimum Gasteiger partial charge on any atom is -0.497 e. The highest BCUT2D eigenvalue weighted by Gasteiger charge is 2.37. The van der Waals surface area contributed by atoms with E-state index in [9.17, 15) is 4.79 Å². The van der Waals surface area contributed by atoms with Gasteiger partial charge in [-0.3, -0.25) is 4.79 Å². The first-order valence-electron chi connectivity index (χ1n) is 8.28. The molecule has 6 heteroatoms. The van der Waals surface area contributed by atoms with Gasteiger partial charge in [0.15, 0.2) is 5.11 Å². The SMILES string of the molecule is COc1cccc(C2NC(=S)N=C(C)C2C(=O)OCc2ccccc2)c1. The van der Waals surface area contributed by atoms with Crippen molar-refractivity contribution in [1.82, 2.24) is 5.32 Å². The van der Waals surface area contributed by atoms with Gasteiger partial charge in [0.1, 0.15) is 18.3 Å². The molecule has 3 rings (SSSR count). The van der Waals surface area contributed by atoms with E-state index in [-0.39, 0.29) is 18.6 Å². The zero-order valence-electron chi connectivity index (χ0n) is 14.6. The highest BCUT2D eigenvalue weighted by molar-refractivity contribution is 7.80. The Morgan fingerprint density at radius 2 is 1.96 bits per heavy atom. The summed E-state index contributed by atoms with van der Waals surface area (Å²) in [5.41, 5.74) is 2.47. The Bertz CT molecular complexity index is 836. The summed E-state index contributed by atoms with van der Waals surface area (Å²) in [6.45, 7) is 2.02. The van der Waals surface area contributed by atoms with E-state index in [0.717, 1.165) is 11.1 Å². The number of methoxy groups -OCH3 is 1. The van der Waals surface area contributed by atoms with Crippen LogP contribution in [0.1, 0.15) is 24.1 Å². The number of hydrogen-bond donors (Lipinski definition) is 1. The minimum atomic E-state index is -0.558. The number of carbonyl (C=O) groups excluding carboxylic acids is 1. The highest BCUT2D eigenvalue weighted by Crippen LogP contribution is 2.30. The normalized spacial score (nSPS) is 19.3. The number of nitrogens with one attached hydrogen (secondary N) is 1. The van der Waals surface area contributed by atoms with Crippen LogP contribution >= 0.6 is 12.2 Å². The summed E-state index contributed by atoms with van der Waals surface area (Å²) in [4.78, 5) is 17.1. The Kier molecular flexibility index (Phi) is 5.63. The number of carbonyl (C=O) groups is 1. The van der Waals surface area contributed by atoms with E-state index in [1.54, 1.807) is 14.0 Å². The number of nitrogens with zero attached hydrogens (tertiary/aromatic N) is 1. The van der Waals surface area contributed by atoms with Gasteiger partial charge in [-0.2, -0.15) is 0 Å². The summed E-state index contributed by atoms with van der Waals surface area (Å²) in [7, 11) is 1.61. The van der Waals surface area contributed by atoms with E-state index >= 15 is 0 Å². The number of rotatable bonds is 5. The van der Waals surface area contributed by atoms with Gasteiger partial charge >= 0.3 is 5.97 Å². The van der Waals surface area contributed by atoms with Gasteiger partial charge < -0.3 is 14.8 Å². The van der Waals surface area contributed by atoms with Gasteiger partial charge in [-0.25, -0.2) is 4.99 Å². The van der Waals surface area contributed by atoms with Crippen molar-refractivity contribution in [2.45, 2.75) is 19.6 Å². The van der Waals surface area contributed by atoms with E-state index < -0.39 is 5.92 Å². The summed E-state index contributed by atoms with van der Waals surface area (Å²) < 4.78 is 10.8. The molecule has 1 N–H and O–H groups in total. The summed E-state index contributed by atoms with van der Waals surface area (Å²) >= 11 is 5.22. The van der Waals surface area contributed by atoms with Crippen LogP contribution in [0, 0.1) is 5.92 Å². The van der Waals surface area contributed by atoms with Crippen LogP contribution in [-0.4, -0.2) is 23.9 Å². The molecule has 2 aromatic carbocycles.